The van der Waals surface area contributed by atoms with Gasteiger partial charge in [0.15, 0.2) is 0 Å². The lowest BCUT2D eigenvalue weighted by Crippen LogP contribution is -2.32. The molecule has 0 unspecified atom stereocenters. The van der Waals surface area contributed by atoms with E-state index in [0.717, 1.165) is 10.9 Å². The van der Waals surface area contributed by atoms with Crippen LogP contribution in [0.2, 0.25) is 5.02 Å². The van der Waals surface area contributed by atoms with Crippen molar-refractivity contribution in [3.05, 3.63) is 73.7 Å². The van der Waals surface area contributed by atoms with Crippen molar-refractivity contribution >= 4 is 44.3 Å². The number of nitrogens with one attached hydrogen (secondary N) is 1. The molecule has 7 heteroatoms. The van der Waals surface area contributed by atoms with Crippen molar-refractivity contribution in [1.29, 1.82) is 0 Å². The second-order valence-corrected chi connectivity index (χ2v) is 7.26. The fourth-order valence-electron chi connectivity index (χ4n) is 2.74. The lowest BCUT2D eigenvalue weighted by atomic mass is 10.2. The first kappa shape index (κ1) is 18.6. The molecule has 0 aliphatic heterocycles. The molecule has 1 N–H and O–H groups in total. The number of benzene rings is 2. The molecule has 0 atom stereocenters. The number of rotatable bonds is 5. The maximum absolute atomic E-state index is 12.9. The summed E-state index contributed by atoms with van der Waals surface area (Å²) in [5.74, 6) is 0.323. The predicted molar refractivity (Wildman–Crippen MR) is 107 cm³/mol. The van der Waals surface area contributed by atoms with Crippen molar-refractivity contribution in [1.82, 2.24) is 14.9 Å². The third-order valence-electron chi connectivity index (χ3n) is 3.91. The van der Waals surface area contributed by atoms with E-state index in [0.29, 0.717) is 33.9 Å². The minimum atomic E-state index is -0.243. The molecule has 2 aromatic carbocycles. The Hall–Kier alpha value is -2.18. The Balaban J connectivity index is 1.94. The van der Waals surface area contributed by atoms with Crippen LogP contribution in [0, 0.1) is 0 Å². The predicted octanol–water partition coefficient (Wildman–Crippen LogP) is 4.39. The minimum absolute atomic E-state index is 0.109. The van der Waals surface area contributed by atoms with Gasteiger partial charge in [0.1, 0.15) is 5.82 Å². The Morgan fingerprint density at radius 2 is 2.08 bits per heavy atom. The number of fused-ring (bicyclic) bond motifs is 1. The Bertz CT molecular complexity index is 1020. The summed E-state index contributed by atoms with van der Waals surface area (Å²) in [4.78, 5) is 34.1. The van der Waals surface area contributed by atoms with Crippen LogP contribution in [0.3, 0.4) is 0 Å². The molecule has 0 radical (unpaired) electrons. The SMILES string of the molecule is CCCN(Cc1nc2cc(Cl)ccc2c(=O)[nH]1)C(=O)c1cccc(Br)c1. The number of carbonyl (C=O) groups is 1. The van der Waals surface area contributed by atoms with Gasteiger partial charge in [-0.15, -0.1) is 0 Å². The van der Waals surface area contributed by atoms with Gasteiger partial charge in [-0.2, -0.15) is 0 Å². The van der Waals surface area contributed by atoms with Gasteiger partial charge in [0.25, 0.3) is 11.5 Å². The highest BCUT2D eigenvalue weighted by molar-refractivity contribution is 9.10. The first-order chi connectivity index (χ1) is 12.5. The summed E-state index contributed by atoms with van der Waals surface area (Å²) < 4.78 is 0.840. The zero-order valence-corrected chi connectivity index (χ0v) is 16.5. The summed E-state index contributed by atoms with van der Waals surface area (Å²) in [5, 5.41) is 0.982. The third kappa shape index (κ3) is 4.14. The van der Waals surface area contributed by atoms with E-state index in [1.807, 2.05) is 19.1 Å². The molecule has 0 bridgehead atoms. The number of aromatic amines is 1. The molecule has 0 saturated heterocycles. The van der Waals surface area contributed by atoms with Crippen molar-refractivity contribution < 1.29 is 4.79 Å². The van der Waals surface area contributed by atoms with Crippen molar-refractivity contribution in [2.24, 2.45) is 0 Å². The third-order valence-corrected chi connectivity index (χ3v) is 4.64. The number of nitrogens with zero attached hydrogens (tertiary/aromatic N) is 2. The molecule has 3 aromatic rings. The van der Waals surface area contributed by atoms with Crippen LogP contribution in [0.5, 0.6) is 0 Å². The number of H-pyrrole nitrogens is 1. The molecule has 134 valence electrons. The zero-order chi connectivity index (χ0) is 18.7. The average Bonchev–Trinajstić information content (AvgIpc) is 2.60. The first-order valence-corrected chi connectivity index (χ1v) is 9.38. The molecule has 0 fully saturated rings. The summed E-state index contributed by atoms with van der Waals surface area (Å²) in [6, 6.07) is 12.2. The molecule has 0 saturated carbocycles. The van der Waals surface area contributed by atoms with Crippen LogP contribution in [0.4, 0.5) is 0 Å². The number of carbonyl (C=O) groups excluding carboxylic acids is 1. The zero-order valence-electron chi connectivity index (χ0n) is 14.1. The van der Waals surface area contributed by atoms with E-state index in [4.69, 9.17) is 11.6 Å². The Labute approximate surface area is 164 Å². The van der Waals surface area contributed by atoms with Crippen molar-refractivity contribution in [2.45, 2.75) is 19.9 Å². The molecule has 5 nitrogen and oxygen atoms in total. The van der Waals surface area contributed by atoms with Gasteiger partial charge in [-0.25, -0.2) is 4.98 Å². The van der Waals surface area contributed by atoms with Crippen molar-refractivity contribution in [2.75, 3.05) is 6.54 Å². The lowest BCUT2D eigenvalue weighted by molar-refractivity contribution is 0.0739. The Morgan fingerprint density at radius 3 is 2.81 bits per heavy atom. The smallest absolute Gasteiger partial charge is 0.258 e. The second-order valence-electron chi connectivity index (χ2n) is 5.91. The number of hydrogen-bond acceptors (Lipinski definition) is 3. The van der Waals surface area contributed by atoms with Crippen LogP contribution < -0.4 is 5.56 Å². The van der Waals surface area contributed by atoms with Crippen LogP contribution in [0.25, 0.3) is 10.9 Å². The fraction of sp³-hybridized carbons (Fsp3) is 0.211. The molecule has 1 amide bonds. The summed E-state index contributed by atoms with van der Waals surface area (Å²) in [6.07, 6.45) is 0.795. The molecule has 1 aromatic heterocycles. The molecule has 0 spiro atoms. The summed E-state index contributed by atoms with van der Waals surface area (Å²) in [7, 11) is 0. The molecule has 26 heavy (non-hydrogen) atoms. The standard InChI is InChI=1S/C19H17BrClN3O2/c1-2-8-24(19(26)12-4-3-5-13(20)9-12)11-17-22-16-10-14(21)6-7-15(16)18(25)23-17/h3-7,9-10H,2,8,11H2,1H3,(H,22,23,25). The van der Waals surface area contributed by atoms with E-state index in [2.05, 4.69) is 25.9 Å². The second kappa shape index (κ2) is 8.01. The van der Waals surface area contributed by atoms with E-state index >= 15 is 0 Å². The maximum Gasteiger partial charge on any atom is 0.258 e. The molecule has 0 aliphatic carbocycles. The van der Waals surface area contributed by atoms with E-state index in [-0.39, 0.29) is 18.0 Å². The van der Waals surface area contributed by atoms with Crippen LogP contribution in [-0.2, 0) is 6.54 Å². The number of aromatic nitrogens is 2. The summed E-state index contributed by atoms with van der Waals surface area (Å²) in [6.45, 7) is 2.77. The van der Waals surface area contributed by atoms with Crippen molar-refractivity contribution in [3.63, 3.8) is 0 Å². The van der Waals surface area contributed by atoms with Gasteiger partial charge in [-0.1, -0.05) is 40.5 Å². The Kier molecular flexibility index (Phi) is 5.74. The molecule has 1 heterocycles. The largest absolute Gasteiger partial charge is 0.331 e. The maximum atomic E-state index is 12.9. The van der Waals surface area contributed by atoms with Gasteiger partial charge < -0.3 is 9.88 Å². The normalized spacial score (nSPS) is 10.9. The van der Waals surface area contributed by atoms with Gasteiger partial charge in [-0.3, -0.25) is 9.59 Å². The topological polar surface area (TPSA) is 66.1 Å². The van der Waals surface area contributed by atoms with Gasteiger partial charge in [-0.05, 0) is 42.8 Å². The van der Waals surface area contributed by atoms with E-state index in [1.54, 1.807) is 35.2 Å². The highest BCUT2D eigenvalue weighted by Gasteiger charge is 2.17. The van der Waals surface area contributed by atoms with Gasteiger partial charge in [0.2, 0.25) is 0 Å². The van der Waals surface area contributed by atoms with Crippen LogP contribution in [-0.4, -0.2) is 27.3 Å². The highest BCUT2D eigenvalue weighted by atomic mass is 79.9. The monoisotopic (exact) mass is 433 g/mol. The van der Waals surface area contributed by atoms with E-state index in [1.165, 1.54) is 0 Å². The molecule has 3 rings (SSSR count). The van der Waals surface area contributed by atoms with Crippen LogP contribution in [0.1, 0.15) is 29.5 Å². The Morgan fingerprint density at radius 1 is 1.27 bits per heavy atom. The number of halogens is 2. The average molecular weight is 435 g/mol. The first-order valence-electron chi connectivity index (χ1n) is 8.21. The summed E-state index contributed by atoms with van der Waals surface area (Å²) in [5.41, 5.74) is 0.856. The fourth-order valence-corrected chi connectivity index (χ4v) is 3.31. The van der Waals surface area contributed by atoms with Crippen molar-refractivity contribution in [3.8, 4) is 0 Å². The molecular formula is C19H17BrClN3O2. The molecular weight excluding hydrogens is 418 g/mol. The summed E-state index contributed by atoms with van der Waals surface area (Å²) >= 11 is 9.39. The van der Waals surface area contributed by atoms with Gasteiger partial charge >= 0.3 is 0 Å². The van der Waals surface area contributed by atoms with E-state index in [9.17, 15) is 9.59 Å². The van der Waals surface area contributed by atoms with Crippen LogP contribution >= 0.6 is 27.5 Å². The van der Waals surface area contributed by atoms with E-state index < -0.39 is 0 Å². The minimum Gasteiger partial charge on any atom is -0.331 e. The highest BCUT2D eigenvalue weighted by Crippen LogP contribution is 2.17. The van der Waals surface area contributed by atoms with Crippen LogP contribution in [0.15, 0.2) is 51.7 Å². The van der Waals surface area contributed by atoms with Gasteiger partial charge in [0, 0.05) is 21.6 Å². The molecule has 0 aliphatic rings. The van der Waals surface area contributed by atoms with Gasteiger partial charge in [0.05, 0.1) is 17.4 Å². The quantitative estimate of drug-likeness (QED) is 0.647. The number of amides is 1. The lowest BCUT2D eigenvalue weighted by Gasteiger charge is -2.22. The number of hydrogen-bond donors (Lipinski definition) is 1.